The number of rotatable bonds is 9. The van der Waals surface area contributed by atoms with Crippen LogP contribution in [-0.2, 0) is 27.4 Å². The van der Waals surface area contributed by atoms with Gasteiger partial charge >= 0.3 is 0 Å². The molecule has 1 aliphatic rings. The molecule has 140 valence electrons. The van der Waals surface area contributed by atoms with Gasteiger partial charge in [-0.15, -0.1) is 11.8 Å². The number of hydrogen-bond donors (Lipinski definition) is 1. The highest BCUT2D eigenvalue weighted by atomic mass is 32.2. The van der Waals surface area contributed by atoms with Gasteiger partial charge in [-0.3, -0.25) is 0 Å². The molecule has 2 aromatic carbocycles. The zero-order chi connectivity index (χ0) is 18.2. The molecule has 0 radical (unpaired) electrons. The van der Waals surface area contributed by atoms with Gasteiger partial charge < -0.3 is 19.3 Å². The first kappa shape index (κ1) is 19.4. The van der Waals surface area contributed by atoms with Gasteiger partial charge in [0.2, 0.25) is 0 Å². The second-order valence-electron chi connectivity index (χ2n) is 6.20. The zero-order valence-electron chi connectivity index (χ0n) is 15.0. The van der Waals surface area contributed by atoms with Gasteiger partial charge in [0, 0.05) is 0 Å². The molecule has 1 saturated heterocycles. The highest BCUT2D eigenvalue weighted by Gasteiger charge is 2.46. The standard InChI is InChI=1S/C21H26O4S/c1-2-26-21-20(24-15-17-11-7-4-8-12-17)19(18(13-22)25-21)23-14-16-9-5-3-6-10-16/h3-12,18-22H,2,13-15H2,1H3/t18-,19-,20+,21-/m1/s1. The predicted octanol–water partition coefficient (Wildman–Crippen LogP) is 3.63. The first-order valence-corrected chi connectivity index (χ1v) is 10.1. The SMILES string of the molecule is CCS[C@H]1O[C@H](CO)[C@@H](OCc2ccccc2)[C@@H]1OCc1ccccc1. The molecule has 0 saturated carbocycles. The van der Waals surface area contributed by atoms with Gasteiger partial charge in [0.05, 0.1) is 19.8 Å². The van der Waals surface area contributed by atoms with Crippen LogP contribution in [0.15, 0.2) is 60.7 Å². The van der Waals surface area contributed by atoms with Gasteiger partial charge in [-0.05, 0) is 16.9 Å². The van der Waals surface area contributed by atoms with Crippen LogP contribution in [0.25, 0.3) is 0 Å². The third-order valence-electron chi connectivity index (χ3n) is 4.35. The summed E-state index contributed by atoms with van der Waals surface area (Å²) in [6.45, 7) is 2.98. The fourth-order valence-electron chi connectivity index (χ4n) is 3.05. The molecule has 2 aromatic rings. The quantitative estimate of drug-likeness (QED) is 0.726. The van der Waals surface area contributed by atoms with Gasteiger partial charge in [0.15, 0.2) is 0 Å². The molecule has 0 aromatic heterocycles. The lowest BCUT2D eigenvalue weighted by Gasteiger charge is -2.24. The average molecular weight is 375 g/mol. The maximum Gasteiger partial charge on any atom is 0.132 e. The van der Waals surface area contributed by atoms with Crippen LogP contribution in [0.4, 0.5) is 0 Å². The summed E-state index contributed by atoms with van der Waals surface area (Å²) in [7, 11) is 0. The average Bonchev–Trinajstić information content (AvgIpc) is 3.03. The third-order valence-corrected chi connectivity index (χ3v) is 5.39. The lowest BCUT2D eigenvalue weighted by atomic mass is 10.1. The Hall–Kier alpha value is -1.37. The van der Waals surface area contributed by atoms with Crippen molar-refractivity contribution in [2.24, 2.45) is 0 Å². The summed E-state index contributed by atoms with van der Waals surface area (Å²) in [5.41, 5.74) is 2.07. The van der Waals surface area contributed by atoms with Crippen LogP contribution in [0, 0.1) is 0 Å². The molecular formula is C21H26O4S. The van der Waals surface area contributed by atoms with Crippen LogP contribution in [0.1, 0.15) is 18.1 Å². The van der Waals surface area contributed by atoms with Crippen LogP contribution in [0.5, 0.6) is 0 Å². The first-order chi connectivity index (χ1) is 12.8. The van der Waals surface area contributed by atoms with Crippen molar-refractivity contribution in [3.63, 3.8) is 0 Å². The van der Waals surface area contributed by atoms with Gasteiger partial charge in [-0.1, -0.05) is 67.6 Å². The number of aliphatic hydroxyl groups is 1. The van der Waals surface area contributed by atoms with E-state index >= 15 is 0 Å². The molecule has 1 N–H and O–H groups in total. The predicted molar refractivity (Wildman–Crippen MR) is 104 cm³/mol. The fourth-order valence-corrected chi connectivity index (χ4v) is 4.02. The third kappa shape index (κ3) is 5.09. The van der Waals surface area contributed by atoms with Crippen LogP contribution in [-0.4, -0.2) is 41.2 Å². The van der Waals surface area contributed by atoms with Gasteiger partial charge in [0.25, 0.3) is 0 Å². The summed E-state index contributed by atoms with van der Waals surface area (Å²) < 4.78 is 18.4. The second kappa shape index (κ2) is 10.1. The summed E-state index contributed by atoms with van der Waals surface area (Å²) in [5.74, 6) is 0.916. The summed E-state index contributed by atoms with van der Waals surface area (Å²) in [6, 6.07) is 20.1. The maximum absolute atomic E-state index is 9.75. The van der Waals surface area contributed by atoms with Crippen molar-refractivity contribution in [2.45, 2.75) is 43.9 Å². The van der Waals surface area contributed by atoms with E-state index < -0.39 is 0 Å². The zero-order valence-corrected chi connectivity index (χ0v) is 15.8. The Kier molecular flexibility index (Phi) is 7.53. The molecule has 0 amide bonds. The molecule has 4 atom stereocenters. The Morgan fingerprint density at radius 3 is 1.92 bits per heavy atom. The van der Waals surface area contributed by atoms with Crippen molar-refractivity contribution in [1.82, 2.24) is 0 Å². The van der Waals surface area contributed by atoms with E-state index in [1.807, 2.05) is 60.7 Å². The minimum atomic E-state index is -0.372. The van der Waals surface area contributed by atoms with E-state index in [0.29, 0.717) is 13.2 Å². The summed E-state index contributed by atoms with van der Waals surface area (Å²) >= 11 is 1.69. The smallest absolute Gasteiger partial charge is 0.132 e. The Balaban J connectivity index is 1.68. The van der Waals surface area contributed by atoms with E-state index in [1.165, 1.54) is 0 Å². The lowest BCUT2D eigenvalue weighted by Crippen LogP contribution is -2.38. The van der Waals surface area contributed by atoms with Crippen molar-refractivity contribution in [3.8, 4) is 0 Å². The first-order valence-electron chi connectivity index (χ1n) is 9.00. The van der Waals surface area contributed by atoms with Crippen molar-refractivity contribution < 1.29 is 19.3 Å². The number of hydrogen-bond acceptors (Lipinski definition) is 5. The molecule has 5 heteroatoms. The van der Waals surface area contributed by atoms with Crippen molar-refractivity contribution >= 4 is 11.8 Å². The van der Waals surface area contributed by atoms with E-state index in [-0.39, 0.29) is 30.4 Å². The van der Waals surface area contributed by atoms with Crippen molar-refractivity contribution in [2.75, 3.05) is 12.4 Å². The Labute approximate surface area is 159 Å². The minimum Gasteiger partial charge on any atom is -0.394 e. The molecule has 3 rings (SSSR count). The van der Waals surface area contributed by atoms with Gasteiger partial charge in [-0.2, -0.15) is 0 Å². The van der Waals surface area contributed by atoms with Crippen LogP contribution in [0.2, 0.25) is 0 Å². The Morgan fingerprint density at radius 2 is 1.42 bits per heavy atom. The number of aliphatic hydroxyl groups excluding tert-OH is 1. The fraction of sp³-hybridized carbons (Fsp3) is 0.429. The minimum absolute atomic E-state index is 0.0779. The summed E-state index contributed by atoms with van der Waals surface area (Å²) in [6.07, 6.45) is -0.891. The molecule has 1 aliphatic heterocycles. The topological polar surface area (TPSA) is 47.9 Å². The van der Waals surface area contributed by atoms with Crippen LogP contribution < -0.4 is 0 Å². The largest absolute Gasteiger partial charge is 0.394 e. The molecule has 0 aliphatic carbocycles. The normalized spacial score (nSPS) is 25.5. The van der Waals surface area contributed by atoms with Gasteiger partial charge in [0.1, 0.15) is 23.7 Å². The van der Waals surface area contributed by atoms with Crippen molar-refractivity contribution in [1.29, 1.82) is 0 Å². The van der Waals surface area contributed by atoms with E-state index in [2.05, 4.69) is 6.92 Å². The summed E-state index contributed by atoms with van der Waals surface area (Å²) in [4.78, 5) is 0. The van der Waals surface area contributed by atoms with Gasteiger partial charge in [-0.25, -0.2) is 0 Å². The van der Waals surface area contributed by atoms with Crippen LogP contribution >= 0.6 is 11.8 Å². The lowest BCUT2D eigenvalue weighted by molar-refractivity contribution is -0.0817. The number of thioether (sulfide) groups is 1. The Morgan fingerprint density at radius 1 is 0.885 bits per heavy atom. The Bertz CT molecular complexity index is 637. The summed E-state index contributed by atoms with van der Waals surface area (Å²) in [5, 5.41) is 9.75. The van der Waals surface area contributed by atoms with E-state index in [4.69, 9.17) is 14.2 Å². The van der Waals surface area contributed by atoms with E-state index in [1.54, 1.807) is 11.8 Å². The van der Waals surface area contributed by atoms with E-state index in [0.717, 1.165) is 16.9 Å². The highest BCUT2D eigenvalue weighted by molar-refractivity contribution is 7.99. The monoisotopic (exact) mass is 374 g/mol. The number of ether oxygens (including phenoxy) is 3. The molecule has 0 bridgehead atoms. The molecule has 1 fully saturated rings. The maximum atomic E-state index is 9.75. The molecule has 4 nitrogen and oxygen atoms in total. The molecule has 0 spiro atoms. The molecule has 1 heterocycles. The second-order valence-corrected chi connectivity index (χ2v) is 7.58. The molecule has 26 heavy (non-hydrogen) atoms. The molecule has 0 unspecified atom stereocenters. The molecular weight excluding hydrogens is 348 g/mol. The van der Waals surface area contributed by atoms with Crippen LogP contribution in [0.3, 0.4) is 0 Å². The van der Waals surface area contributed by atoms with E-state index in [9.17, 15) is 5.11 Å². The number of benzene rings is 2. The van der Waals surface area contributed by atoms with Crippen molar-refractivity contribution in [3.05, 3.63) is 71.8 Å². The highest BCUT2D eigenvalue weighted by Crippen LogP contribution is 2.34.